The minimum absolute atomic E-state index is 0.0294. The van der Waals surface area contributed by atoms with Gasteiger partial charge in [0.2, 0.25) is 5.91 Å². The molecule has 6 rings (SSSR count). The molecule has 1 aliphatic heterocycles. The topological polar surface area (TPSA) is 67.9 Å². The van der Waals surface area contributed by atoms with E-state index in [9.17, 15) is 9.59 Å². The van der Waals surface area contributed by atoms with Crippen molar-refractivity contribution in [1.82, 2.24) is 10.4 Å². The van der Waals surface area contributed by atoms with E-state index in [0.717, 1.165) is 31.2 Å². The number of nitrogens with zero attached hydrogens (tertiary/aromatic N) is 1. The summed E-state index contributed by atoms with van der Waals surface area (Å²) in [6.45, 7) is 2.66. The van der Waals surface area contributed by atoms with Crippen molar-refractivity contribution in [3.63, 3.8) is 0 Å². The van der Waals surface area contributed by atoms with Crippen LogP contribution in [-0.4, -0.2) is 34.9 Å². The molecule has 6 nitrogen and oxygen atoms in total. The number of methoxy groups -OCH3 is 1. The van der Waals surface area contributed by atoms with Crippen molar-refractivity contribution in [2.45, 2.75) is 51.9 Å². The predicted molar refractivity (Wildman–Crippen MR) is 133 cm³/mol. The Labute approximate surface area is 204 Å². The quantitative estimate of drug-likeness (QED) is 0.435. The largest absolute Gasteiger partial charge is 0.493 e. The first-order chi connectivity index (χ1) is 15.9. The Bertz CT molecular complexity index is 986. The fourth-order valence-electron chi connectivity index (χ4n) is 6.43. The predicted octanol–water partition coefficient (Wildman–Crippen LogP) is 4.93. The summed E-state index contributed by atoms with van der Waals surface area (Å²) in [5.41, 5.74) is 3.38. The second kappa shape index (κ2) is 8.95. The van der Waals surface area contributed by atoms with Gasteiger partial charge in [0.05, 0.1) is 24.0 Å². The molecule has 0 spiro atoms. The maximum atomic E-state index is 13.4. The molecule has 0 radical (unpaired) electrons. The second-order valence-corrected chi connectivity index (χ2v) is 11.6. The summed E-state index contributed by atoms with van der Waals surface area (Å²) in [5.74, 6) is 2.95. The lowest BCUT2D eigenvalue weighted by molar-refractivity contribution is -0.152. The van der Waals surface area contributed by atoms with Crippen LogP contribution >= 0.6 is 24.0 Å². The molecule has 0 unspecified atom stereocenters. The number of benzene rings is 1. The molecule has 0 aromatic heterocycles. The molecule has 2 amide bonds. The smallest absolute Gasteiger partial charge is 0.285 e. The zero-order valence-electron chi connectivity index (χ0n) is 19.1. The third kappa shape index (κ3) is 4.28. The van der Waals surface area contributed by atoms with Crippen LogP contribution in [0.3, 0.4) is 0 Å². The van der Waals surface area contributed by atoms with Gasteiger partial charge in [-0.2, -0.15) is 5.01 Å². The summed E-state index contributed by atoms with van der Waals surface area (Å²) in [6, 6.07) is 5.57. The number of hydrogen-bond acceptors (Lipinski definition) is 6. The van der Waals surface area contributed by atoms with E-state index in [4.69, 9.17) is 21.7 Å². The zero-order valence-corrected chi connectivity index (χ0v) is 20.7. The van der Waals surface area contributed by atoms with Gasteiger partial charge in [-0.15, -0.1) is 0 Å². The molecule has 8 heteroatoms. The Morgan fingerprint density at radius 1 is 1.21 bits per heavy atom. The van der Waals surface area contributed by atoms with Gasteiger partial charge in [-0.1, -0.05) is 24.8 Å². The van der Waals surface area contributed by atoms with Crippen LogP contribution in [0.1, 0.15) is 57.4 Å². The fraction of sp³-hybridized carbons (Fsp3) is 0.560. The van der Waals surface area contributed by atoms with Crippen molar-refractivity contribution < 1.29 is 19.1 Å². The molecule has 33 heavy (non-hydrogen) atoms. The Kier molecular flexibility index (Phi) is 6.16. The maximum absolute atomic E-state index is 13.4. The molecule has 4 aliphatic carbocycles. The molecule has 4 saturated carbocycles. The number of nitrogens with one attached hydrogen (secondary N) is 1. The van der Waals surface area contributed by atoms with Crippen molar-refractivity contribution in [2.75, 3.05) is 13.7 Å². The van der Waals surface area contributed by atoms with Gasteiger partial charge in [0.1, 0.15) is 0 Å². The SMILES string of the molecule is CCCOc1ccc(/C=C2\SC(=S)N(NC(=O)C34CC5CC(CC(C5)C3)C4)C2=O)cc1OC. The highest BCUT2D eigenvalue weighted by Gasteiger charge is 2.55. The van der Waals surface area contributed by atoms with Crippen molar-refractivity contribution >= 4 is 46.2 Å². The normalized spacial score (nSPS) is 31.4. The van der Waals surface area contributed by atoms with E-state index in [2.05, 4.69) is 5.43 Å². The monoisotopic (exact) mass is 486 g/mol. The first kappa shape index (κ1) is 22.7. The number of hydrazine groups is 1. The molecule has 5 aliphatic rings. The molecule has 1 N–H and O–H groups in total. The van der Waals surface area contributed by atoms with Gasteiger partial charge in [0.25, 0.3) is 5.91 Å². The Balaban J connectivity index is 1.30. The number of thioether (sulfide) groups is 1. The number of carbonyl (C=O) groups is 2. The fourth-order valence-corrected chi connectivity index (χ4v) is 7.61. The van der Waals surface area contributed by atoms with Crippen LogP contribution in [0.5, 0.6) is 11.5 Å². The second-order valence-electron chi connectivity index (χ2n) is 9.91. The van der Waals surface area contributed by atoms with Crippen LogP contribution in [0.2, 0.25) is 0 Å². The first-order valence-corrected chi connectivity index (χ1v) is 13.0. The molecule has 1 aromatic rings. The molecular weight excluding hydrogens is 456 g/mol. The molecule has 0 atom stereocenters. The van der Waals surface area contributed by atoms with E-state index in [0.29, 0.717) is 45.1 Å². The van der Waals surface area contributed by atoms with Crippen molar-refractivity contribution in [3.8, 4) is 11.5 Å². The summed E-state index contributed by atoms with van der Waals surface area (Å²) < 4.78 is 11.5. The summed E-state index contributed by atoms with van der Waals surface area (Å²) in [6.07, 6.45) is 9.32. The highest BCUT2D eigenvalue weighted by Crippen LogP contribution is 2.60. The zero-order chi connectivity index (χ0) is 23.2. The lowest BCUT2D eigenvalue weighted by atomic mass is 9.49. The molecule has 1 heterocycles. The van der Waals surface area contributed by atoms with E-state index >= 15 is 0 Å². The number of rotatable bonds is 7. The molecule has 5 fully saturated rings. The minimum atomic E-state index is -0.330. The molecule has 1 aromatic carbocycles. The van der Waals surface area contributed by atoms with Crippen molar-refractivity contribution in [3.05, 3.63) is 28.7 Å². The number of carbonyl (C=O) groups excluding carboxylic acids is 2. The summed E-state index contributed by atoms with van der Waals surface area (Å²) in [5, 5.41) is 1.27. The van der Waals surface area contributed by atoms with Gasteiger partial charge in [-0.05, 0) is 98.7 Å². The van der Waals surface area contributed by atoms with Crippen molar-refractivity contribution in [1.29, 1.82) is 0 Å². The van der Waals surface area contributed by atoms with Gasteiger partial charge >= 0.3 is 0 Å². The summed E-state index contributed by atoms with van der Waals surface area (Å²) in [4.78, 5) is 27.0. The highest BCUT2D eigenvalue weighted by atomic mass is 32.2. The van der Waals surface area contributed by atoms with Crippen LogP contribution in [0.4, 0.5) is 0 Å². The van der Waals surface area contributed by atoms with Gasteiger partial charge < -0.3 is 9.47 Å². The average molecular weight is 487 g/mol. The van der Waals surface area contributed by atoms with Crippen LogP contribution in [0, 0.1) is 23.2 Å². The standard InChI is InChI=1S/C25H30N2O4S2/c1-3-6-31-19-5-4-15(10-20(19)30-2)11-21-22(28)27(24(32)33-21)26-23(29)25-12-16-7-17(13-25)9-18(8-16)14-25/h4-5,10-11,16-18H,3,6-9,12-14H2,1-2H3,(H,26,29)/b21-11-. The highest BCUT2D eigenvalue weighted by molar-refractivity contribution is 8.26. The average Bonchev–Trinajstić information content (AvgIpc) is 3.04. The van der Waals surface area contributed by atoms with Gasteiger partial charge in [-0.3, -0.25) is 15.0 Å². The van der Waals surface area contributed by atoms with Gasteiger partial charge in [0.15, 0.2) is 15.8 Å². The van der Waals surface area contributed by atoms with E-state index in [1.54, 1.807) is 13.2 Å². The minimum Gasteiger partial charge on any atom is -0.493 e. The summed E-state index contributed by atoms with van der Waals surface area (Å²) in [7, 11) is 1.59. The Morgan fingerprint density at radius 3 is 2.48 bits per heavy atom. The lowest BCUT2D eigenvalue weighted by Crippen LogP contribution is -2.57. The van der Waals surface area contributed by atoms with Crippen molar-refractivity contribution in [2.24, 2.45) is 23.2 Å². The molecular formula is C25H30N2O4S2. The lowest BCUT2D eigenvalue weighted by Gasteiger charge is -2.55. The van der Waals surface area contributed by atoms with E-state index in [-0.39, 0.29) is 17.2 Å². The number of ether oxygens (including phenoxy) is 2. The molecule has 4 bridgehead atoms. The van der Waals surface area contributed by atoms with E-state index in [1.165, 1.54) is 36.0 Å². The number of hydrogen-bond donors (Lipinski definition) is 1. The van der Waals surface area contributed by atoms with E-state index in [1.807, 2.05) is 25.1 Å². The van der Waals surface area contributed by atoms with Crippen LogP contribution in [0.25, 0.3) is 6.08 Å². The Hall–Kier alpha value is -2.06. The third-order valence-electron chi connectivity index (χ3n) is 7.47. The maximum Gasteiger partial charge on any atom is 0.285 e. The van der Waals surface area contributed by atoms with Gasteiger partial charge in [0, 0.05) is 0 Å². The van der Waals surface area contributed by atoms with Gasteiger partial charge in [-0.25, -0.2) is 0 Å². The van der Waals surface area contributed by atoms with E-state index < -0.39 is 0 Å². The van der Waals surface area contributed by atoms with Crippen LogP contribution in [0.15, 0.2) is 23.1 Å². The van der Waals surface area contributed by atoms with Crippen LogP contribution in [-0.2, 0) is 9.59 Å². The number of amides is 2. The molecule has 1 saturated heterocycles. The summed E-state index contributed by atoms with van der Waals surface area (Å²) >= 11 is 6.67. The first-order valence-electron chi connectivity index (χ1n) is 11.8. The van der Waals surface area contributed by atoms with Crippen LogP contribution < -0.4 is 14.9 Å². The Morgan fingerprint density at radius 2 is 1.88 bits per heavy atom. The third-order valence-corrected chi connectivity index (χ3v) is 8.78. The molecule has 176 valence electrons. The number of thiocarbonyl (C=S) groups is 1.